The maximum atomic E-state index is 12.9. The monoisotopic (exact) mass is 391 g/mol. The third-order valence-corrected chi connectivity index (χ3v) is 4.41. The van der Waals surface area contributed by atoms with Crippen LogP contribution in [-0.2, 0) is 0 Å². The highest BCUT2D eigenvalue weighted by Gasteiger charge is 2.19. The second-order valence-electron chi connectivity index (χ2n) is 6.41. The number of nitro groups is 1. The van der Waals surface area contributed by atoms with Crippen molar-refractivity contribution >= 4 is 34.0 Å². The van der Waals surface area contributed by atoms with Gasteiger partial charge in [0.05, 0.1) is 34.1 Å². The van der Waals surface area contributed by atoms with Crippen LogP contribution in [0.5, 0.6) is 5.75 Å². The lowest BCUT2D eigenvalue weighted by Crippen LogP contribution is -2.09. The van der Waals surface area contributed by atoms with Crippen molar-refractivity contribution in [2.75, 3.05) is 26.1 Å². The molecule has 0 radical (unpaired) electrons. The van der Waals surface area contributed by atoms with Gasteiger partial charge in [-0.15, -0.1) is 0 Å². The van der Waals surface area contributed by atoms with Crippen molar-refractivity contribution in [3.8, 4) is 11.8 Å². The molecule has 0 spiro atoms. The fourth-order valence-corrected chi connectivity index (χ4v) is 2.85. The summed E-state index contributed by atoms with van der Waals surface area (Å²) in [5.74, 6) is 0.487. The number of nitro benzene ring substituents is 1. The van der Waals surface area contributed by atoms with Crippen LogP contribution in [0.4, 0.5) is 11.4 Å². The molecule has 0 unspecified atom stereocenters. The van der Waals surface area contributed by atoms with Crippen LogP contribution in [-0.4, -0.2) is 26.1 Å². The molecule has 0 bridgehead atoms. The third kappa shape index (κ3) is 3.80. The fraction of sp³-hybridized carbons (Fsp3) is 0.143. The first-order chi connectivity index (χ1) is 13.8. The molecule has 2 aromatic carbocycles. The van der Waals surface area contributed by atoms with Crippen LogP contribution in [0, 0.1) is 21.4 Å². The van der Waals surface area contributed by atoms with Crippen molar-refractivity contribution in [2.24, 2.45) is 0 Å². The van der Waals surface area contributed by atoms with Gasteiger partial charge in [-0.3, -0.25) is 14.9 Å². The molecule has 0 saturated carbocycles. The van der Waals surface area contributed by atoms with Crippen molar-refractivity contribution in [1.82, 2.24) is 0 Å². The molecule has 1 aromatic heterocycles. The van der Waals surface area contributed by atoms with E-state index < -0.39 is 4.92 Å². The molecule has 0 aliphatic carbocycles. The largest absolute Gasteiger partial charge is 0.497 e. The minimum absolute atomic E-state index is 0.0186. The molecule has 0 aliphatic rings. The predicted molar refractivity (Wildman–Crippen MR) is 110 cm³/mol. The number of rotatable bonds is 5. The van der Waals surface area contributed by atoms with Crippen molar-refractivity contribution in [3.05, 3.63) is 74.1 Å². The Balaban J connectivity index is 2.23. The molecule has 0 N–H and O–H groups in total. The molecule has 0 aliphatic heterocycles. The standard InChI is InChI=1S/C21H17N3O5/c1-23(2)15-4-6-19(24(26)27)17(9-15)13(11-22)8-14-12-29-20-7-5-16(28-3)10-18(20)21(14)25/h4-10,12H,1-3H3/b13-8+. The van der Waals surface area contributed by atoms with Crippen LogP contribution >= 0.6 is 0 Å². The lowest BCUT2D eigenvalue weighted by molar-refractivity contribution is -0.385. The Morgan fingerprint density at radius 3 is 2.66 bits per heavy atom. The Bertz CT molecular complexity index is 1240. The summed E-state index contributed by atoms with van der Waals surface area (Å²) in [6.45, 7) is 0. The van der Waals surface area contributed by atoms with Gasteiger partial charge in [-0.1, -0.05) is 0 Å². The van der Waals surface area contributed by atoms with Crippen LogP contribution in [0.1, 0.15) is 11.1 Å². The number of fused-ring (bicyclic) bond motifs is 1. The van der Waals surface area contributed by atoms with Crippen LogP contribution in [0.25, 0.3) is 22.6 Å². The number of nitrogens with zero attached hydrogens (tertiary/aromatic N) is 3. The van der Waals surface area contributed by atoms with Crippen LogP contribution < -0.4 is 15.1 Å². The van der Waals surface area contributed by atoms with E-state index in [0.717, 1.165) is 0 Å². The van der Waals surface area contributed by atoms with Crippen molar-refractivity contribution in [1.29, 1.82) is 5.26 Å². The van der Waals surface area contributed by atoms with Gasteiger partial charge in [-0.05, 0) is 36.4 Å². The number of allylic oxidation sites excluding steroid dienone is 1. The molecule has 0 atom stereocenters. The van der Waals surface area contributed by atoms with Gasteiger partial charge in [0.2, 0.25) is 0 Å². The zero-order chi connectivity index (χ0) is 21.1. The minimum Gasteiger partial charge on any atom is -0.497 e. The molecule has 146 valence electrons. The number of anilines is 1. The Kier molecular flexibility index (Phi) is 5.32. The molecule has 29 heavy (non-hydrogen) atoms. The summed E-state index contributed by atoms with van der Waals surface area (Å²) < 4.78 is 10.6. The average Bonchev–Trinajstić information content (AvgIpc) is 2.72. The number of hydrogen-bond donors (Lipinski definition) is 0. The quantitative estimate of drug-likeness (QED) is 0.369. The maximum Gasteiger partial charge on any atom is 0.278 e. The number of benzene rings is 2. The molecule has 3 aromatic rings. The molecular weight excluding hydrogens is 374 g/mol. The molecule has 0 amide bonds. The Morgan fingerprint density at radius 1 is 1.28 bits per heavy atom. The normalized spacial score (nSPS) is 11.2. The van der Waals surface area contributed by atoms with E-state index in [9.17, 15) is 20.2 Å². The summed E-state index contributed by atoms with van der Waals surface area (Å²) in [6, 6.07) is 11.2. The summed E-state index contributed by atoms with van der Waals surface area (Å²) in [5, 5.41) is 21.4. The summed E-state index contributed by atoms with van der Waals surface area (Å²) in [5.41, 5.74) is 0.657. The summed E-state index contributed by atoms with van der Waals surface area (Å²) in [7, 11) is 5.05. The first-order valence-electron chi connectivity index (χ1n) is 8.53. The van der Waals surface area contributed by atoms with E-state index in [2.05, 4.69) is 0 Å². The van der Waals surface area contributed by atoms with Gasteiger partial charge < -0.3 is 14.1 Å². The van der Waals surface area contributed by atoms with Crippen molar-refractivity contribution in [2.45, 2.75) is 0 Å². The van der Waals surface area contributed by atoms with E-state index in [-0.39, 0.29) is 33.2 Å². The highest BCUT2D eigenvalue weighted by atomic mass is 16.6. The number of nitriles is 1. The molecule has 8 nitrogen and oxygen atoms in total. The van der Waals surface area contributed by atoms with Crippen molar-refractivity contribution in [3.63, 3.8) is 0 Å². The second-order valence-corrected chi connectivity index (χ2v) is 6.41. The topological polar surface area (TPSA) is 110 Å². The minimum atomic E-state index is -0.562. The molecule has 0 saturated heterocycles. The highest BCUT2D eigenvalue weighted by Crippen LogP contribution is 2.31. The maximum absolute atomic E-state index is 12.9. The van der Waals surface area contributed by atoms with Crippen LogP contribution in [0.15, 0.2) is 51.9 Å². The second kappa shape index (κ2) is 7.86. The Morgan fingerprint density at radius 2 is 2.03 bits per heavy atom. The smallest absolute Gasteiger partial charge is 0.278 e. The van der Waals surface area contributed by atoms with Gasteiger partial charge in [0.1, 0.15) is 23.7 Å². The van der Waals surface area contributed by atoms with Gasteiger partial charge in [0.15, 0.2) is 5.43 Å². The lowest BCUT2D eigenvalue weighted by atomic mass is 10.0. The highest BCUT2D eigenvalue weighted by molar-refractivity contribution is 5.94. The lowest BCUT2D eigenvalue weighted by Gasteiger charge is -2.13. The van der Waals surface area contributed by atoms with Crippen LogP contribution in [0.3, 0.4) is 0 Å². The summed E-state index contributed by atoms with van der Waals surface area (Å²) in [6.07, 6.45) is 2.53. The number of ether oxygens (including phenoxy) is 1. The fourth-order valence-electron chi connectivity index (χ4n) is 2.85. The van der Waals surface area contributed by atoms with E-state index in [4.69, 9.17) is 9.15 Å². The average molecular weight is 391 g/mol. The first-order valence-corrected chi connectivity index (χ1v) is 8.53. The van der Waals surface area contributed by atoms with Gasteiger partial charge in [0.25, 0.3) is 5.69 Å². The number of hydrogen-bond acceptors (Lipinski definition) is 7. The third-order valence-electron chi connectivity index (χ3n) is 4.41. The van der Waals surface area contributed by atoms with Gasteiger partial charge in [-0.25, -0.2) is 0 Å². The Hall–Kier alpha value is -4.12. The SMILES string of the molecule is COc1ccc2occ(/C=C(\C#N)c3cc(N(C)C)ccc3[N+](=O)[O-])c(=O)c2c1. The molecule has 3 rings (SSSR count). The van der Waals surface area contributed by atoms with Gasteiger partial charge in [-0.2, -0.15) is 5.26 Å². The predicted octanol–water partition coefficient (Wildman–Crippen LogP) is 3.84. The molecule has 8 heteroatoms. The van der Waals surface area contributed by atoms with Crippen LogP contribution in [0.2, 0.25) is 0 Å². The summed E-state index contributed by atoms with van der Waals surface area (Å²) >= 11 is 0. The zero-order valence-electron chi connectivity index (χ0n) is 16.0. The van der Waals surface area contributed by atoms with E-state index in [1.54, 1.807) is 49.3 Å². The molecular formula is C21H17N3O5. The van der Waals surface area contributed by atoms with E-state index in [0.29, 0.717) is 17.0 Å². The first kappa shape index (κ1) is 19.6. The Labute approximate surface area is 166 Å². The van der Waals surface area contributed by atoms with Gasteiger partial charge in [0, 0.05) is 25.8 Å². The number of methoxy groups -OCH3 is 1. The van der Waals surface area contributed by atoms with Gasteiger partial charge >= 0.3 is 0 Å². The van der Waals surface area contributed by atoms with E-state index in [1.165, 1.54) is 25.5 Å². The van der Waals surface area contributed by atoms with E-state index in [1.807, 2.05) is 6.07 Å². The molecule has 1 heterocycles. The zero-order valence-corrected chi connectivity index (χ0v) is 16.0. The van der Waals surface area contributed by atoms with E-state index >= 15 is 0 Å². The van der Waals surface area contributed by atoms with Crippen molar-refractivity contribution < 1.29 is 14.1 Å². The molecule has 0 fully saturated rings. The summed E-state index contributed by atoms with van der Waals surface area (Å²) in [4.78, 5) is 25.5.